The van der Waals surface area contributed by atoms with Crippen LogP contribution in [-0.4, -0.2) is 44.3 Å². The van der Waals surface area contributed by atoms with Gasteiger partial charge >= 0.3 is 6.18 Å². The number of H-pyrrole nitrogens is 1. The van der Waals surface area contributed by atoms with Crippen molar-refractivity contribution >= 4 is 11.5 Å². The highest BCUT2D eigenvalue weighted by molar-refractivity contribution is 5.62. The number of nitrogens with zero attached hydrogens (tertiary/aromatic N) is 5. The summed E-state index contributed by atoms with van der Waals surface area (Å²) >= 11 is 0. The minimum atomic E-state index is -4.43. The standard InChI is InChI=1S/C20H17F3N6O/c21-20(22,23)14-4-5-18-24-10-16(29(18)11-14)15-2-1-3-19(27-15)28-6-7-30-17(12-28)13-8-25-26-9-13/h1-5,8-11,17H,6-7,12H2,(H,25,26). The number of fused-ring (bicyclic) bond motifs is 1. The fourth-order valence-corrected chi connectivity index (χ4v) is 3.58. The highest BCUT2D eigenvalue weighted by atomic mass is 19.4. The van der Waals surface area contributed by atoms with E-state index >= 15 is 0 Å². The number of alkyl halides is 3. The van der Waals surface area contributed by atoms with Crippen LogP contribution in [0.4, 0.5) is 19.0 Å². The number of aromatic nitrogens is 5. The third-order valence-corrected chi connectivity index (χ3v) is 5.11. The van der Waals surface area contributed by atoms with Gasteiger partial charge in [0.25, 0.3) is 0 Å². The number of anilines is 1. The number of nitrogens with one attached hydrogen (secondary N) is 1. The first-order valence-electron chi connectivity index (χ1n) is 9.36. The number of morpholine rings is 1. The van der Waals surface area contributed by atoms with Crippen LogP contribution >= 0.6 is 0 Å². The molecule has 30 heavy (non-hydrogen) atoms. The Morgan fingerprint density at radius 1 is 1.13 bits per heavy atom. The molecule has 0 aromatic carbocycles. The molecule has 1 N–H and O–H groups in total. The maximum atomic E-state index is 13.1. The maximum absolute atomic E-state index is 13.1. The second-order valence-corrected chi connectivity index (χ2v) is 7.01. The Labute approximate surface area is 169 Å². The molecule has 1 aliphatic heterocycles. The van der Waals surface area contributed by atoms with Gasteiger partial charge in [0.15, 0.2) is 0 Å². The summed E-state index contributed by atoms with van der Waals surface area (Å²) in [5, 5.41) is 6.75. The highest BCUT2D eigenvalue weighted by Crippen LogP contribution is 2.31. The van der Waals surface area contributed by atoms with Gasteiger partial charge in [0.1, 0.15) is 17.6 Å². The molecule has 1 unspecified atom stereocenters. The molecule has 4 aromatic heterocycles. The second kappa shape index (κ2) is 7.13. The molecule has 0 spiro atoms. The molecule has 1 aliphatic rings. The van der Waals surface area contributed by atoms with Crippen molar-refractivity contribution in [3.05, 3.63) is 66.2 Å². The lowest BCUT2D eigenvalue weighted by Crippen LogP contribution is -2.38. The Balaban J connectivity index is 1.48. The Bertz CT molecular complexity index is 1170. The van der Waals surface area contributed by atoms with Gasteiger partial charge in [-0.25, -0.2) is 9.97 Å². The molecule has 154 valence electrons. The van der Waals surface area contributed by atoms with E-state index in [1.54, 1.807) is 18.5 Å². The Hall–Kier alpha value is -3.40. The number of ether oxygens (including phenoxy) is 1. The summed E-state index contributed by atoms with van der Waals surface area (Å²) in [6.45, 7) is 1.80. The molecular weight excluding hydrogens is 397 g/mol. The third-order valence-electron chi connectivity index (χ3n) is 5.11. The van der Waals surface area contributed by atoms with Crippen molar-refractivity contribution < 1.29 is 17.9 Å². The van der Waals surface area contributed by atoms with Gasteiger partial charge in [-0.1, -0.05) is 6.07 Å². The van der Waals surface area contributed by atoms with Crippen molar-refractivity contribution in [2.24, 2.45) is 0 Å². The molecule has 0 aliphatic carbocycles. The fourth-order valence-electron chi connectivity index (χ4n) is 3.58. The minimum absolute atomic E-state index is 0.131. The average molecular weight is 414 g/mol. The number of imidazole rings is 1. The molecule has 0 radical (unpaired) electrons. The second-order valence-electron chi connectivity index (χ2n) is 7.01. The van der Waals surface area contributed by atoms with Crippen LogP contribution in [0.5, 0.6) is 0 Å². The molecule has 10 heteroatoms. The number of rotatable bonds is 3. The summed E-state index contributed by atoms with van der Waals surface area (Å²) in [6, 6.07) is 7.87. The molecule has 1 atom stereocenters. The Kier molecular flexibility index (Phi) is 4.43. The maximum Gasteiger partial charge on any atom is 0.417 e. The fraction of sp³-hybridized carbons (Fsp3) is 0.250. The zero-order valence-corrected chi connectivity index (χ0v) is 15.7. The number of pyridine rings is 2. The van der Waals surface area contributed by atoms with Gasteiger partial charge in [-0.05, 0) is 24.3 Å². The van der Waals surface area contributed by atoms with Crippen LogP contribution < -0.4 is 4.90 Å². The van der Waals surface area contributed by atoms with Gasteiger partial charge in [-0.3, -0.25) is 9.50 Å². The SMILES string of the molecule is FC(F)(F)c1ccc2ncc(-c3cccc(N4CCOC(c5cn[nH]c5)C4)n3)n2c1. The van der Waals surface area contributed by atoms with Gasteiger partial charge in [0.05, 0.1) is 36.0 Å². The third kappa shape index (κ3) is 3.39. The Morgan fingerprint density at radius 2 is 2.03 bits per heavy atom. The monoisotopic (exact) mass is 414 g/mol. The smallest absolute Gasteiger partial charge is 0.370 e. The van der Waals surface area contributed by atoms with E-state index in [0.29, 0.717) is 36.7 Å². The van der Waals surface area contributed by atoms with Gasteiger partial charge in [-0.2, -0.15) is 18.3 Å². The zero-order valence-electron chi connectivity index (χ0n) is 15.7. The van der Waals surface area contributed by atoms with Crippen molar-refractivity contribution in [2.45, 2.75) is 12.3 Å². The lowest BCUT2D eigenvalue weighted by Gasteiger charge is -2.33. The van der Waals surface area contributed by atoms with Crippen molar-refractivity contribution in [3.63, 3.8) is 0 Å². The molecule has 4 aromatic rings. The van der Waals surface area contributed by atoms with Gasteiger partial charge in [0, 0.05) is 31.0 Å². The van der Waals surface area contributed by atoms with Crippen LogP contribution in [0.3, 0.4) is 0 Å². The van der Waals surface area contributed by atoms with E-state index in [4.69, 9.17) is 9.72 Å². The molecule has 1 fully saturated rings. The Morgan fingerprint density at radius 3 is 2.83 bits per heavy atom. The van der Waals surface area contributed by atoms with E-state index in [9.17, 15) is 13.2 Å². The van der Waals surface area contributed by atoms with E-state index < -0.39 is 11.7 Å². The van der Waals surface area contributed by atoms with E-state index in [0.717, 1.165) is 23.6 Å². The number of halogens is 3. The number of hydrogen-bond donors (Lipinski definition) is 1. The predicted molar refractivity (Wildman–Crippen MR) is 103 cm³/mol. The molecule has 0 amide bonds. The minimum Gasteiger partial charge on any atom is -0.370 e. The molecular formula is C20H17F3N6O. The van der Waals surface area contributed by atoms with Crippen molar-refractivity contribution in [1.82, 2.24) is 24.6 Å². The molecule has 5 rings (SSSR count). The van der Waals surface area contributed by atoms with E-state index in [-0.39, 0.29) is 6.10 Å². The first kappa shape index (κ1) is 18.6. The predicted octanol–water partition coefficient (Wildman–Crippen LogP) is 3.72. The van der Waals surface area contributed by atoms with E-state index in [1.807, 2.05) is 12.1 Å². The molecule has 7 nitrogen and oxygen atoms in total. The quantitative estimate of drug-likeness (QED) is 0.553. The normalized spacial score (nSPS) is 17.6. The van der Waals surface area contributed by atoms with Crippen molar-refractivity contribution in [3.8, 4) is 11.4 Å². The summed E-state index contributed by atoms with van der Waals surface area (Å²) in [6.07, 6.45) is 1.56. The largest absolute Gasteiger partial charge is 0.417 e. The summed E-state index contributed by atoms with van der Waals surface area (Å²) in [5.74, 6) is 0.728. The molecule has 5 heterocycles. The average Bonchev–Trinajstić information content (AvgIpc) is 3.43. The van der Waals surface area contributed by atoms with Crippen LogP contribution in [0.25, 0.3) is 17.0 Å². The van der Waals surface area contributed by atoms with Crippen LogP contribution in [0.15, 0.2) is 55.1 Å². The van der Waals surface area contributed by atoms with Gasteiger partial charge in [-0.15, -0.1) is 0 Å². The first-order valence-corrected chi connectivity index (χ1v) is 9.36. The number of hydrogen-bond acceptors (Lipinski definition) is 5. The summed E-state index contributed by atoms with van der Waals surface area (Å²) in [4.78, 5) is 11.0. The summed E-state index contributed by atoms with van der Waals surface area (Å²) < 4.78 is 46.7. The number of aromatic amines is 1. The lowest BCUT2D eigenvalue weighted by atomic mass is 10.1. The summed E-state index contributed by atoms with van der Waals surface area (Å²) in [7, 11) is 0. The topological polar surface area (TPSA) is 71.3 Å². The van der Waals surface area contributed by atoms with Gasteiger partial charge in [0.2, 0.25) is 0 Å². The highest BCUT2D eigenvalue weighted by Gasteiger charge is 2.31. The van der Waals surface area contributed by atoms with Gasteiger partial charge < -0.3 is 9.64 Å². The van der Waals surface area contributed by atoms with E-state index in [2.05, 4.69) is 20.1 Å². The van der Waals surface area contributed by atoms with E-state index in [1.165, 1.54) is 16.7 Å². The lowest BCUT2D eigenvalue weighted by molar-refractivity contribution is -0.137. The van der Waals surface area contributed by atoms with Crippen molar-refractivity contribution in [2.75, 3.05) is 24.6 Å². The van der Waals surface area contributed by atoms with Crippen molar-refractivity contribution in [1.29, 1.82) is 0 Å². The molecule has 0 bridgehead atoms. The van der Waals surface area contributed by atoms with Crippen LogP contribution in [0.1, 0.15) is 17.2 Å². The molecule has 1 saturated heterocycles. The van der Waals surface area contributed by atoms with Crippen LogP contribution in [0, 0.1) is 0 Å². The summed E-state index contributed by atoms with van der Waals surface area (Å²) in [5.41, 5.74) is 1.69. The van der Waals surface area contributed by atoms with Crippen LogP contribution in [0.2, 0.25) is 0 Å². The van der Waals surface area contributed by atoms with Crippen LogP contribution in [-0.2, 0) is 10.9 Å². The first-order chi connectivity index (χ1) is 14.5. The zero-order chi connectivity index (χ0) is 20.7. The molecule has 0 saturated carbocycles.